The van der Waals surface area contributed by atoms with Crippen molar-refractivity contribution in [3.8, 4) is 0 Å². The number of hydrogen-bond donors (Lipinski definition) is 2. The number of rotatable bonds is 8. The molecule has 1 heterocycles. The first kappa shape index (κ1) is 16.8. The minimum atomic E-state index is -0.152. The second-order valence-corrected chi connectivity index (χ2v) is 7.01. The van der Waals surface area contributed by atoms with Gasteiger partial charge in [0.25, 0.3) is 0 Å². The van der Waals surface area contributed by atoms with Crippen LogP contribution in [0.25, 0.3) is 0 Å². The van der Waals surface area contributed by atoms with E-state index in [1.807, 2.05) is 11.8 Å². The zero-order chi connectivity index (χ0) is 14.4. The maximum absolute atomic E-state index is 12.6. The molecule has 0 spiro atoms. The van der Waals surface area contributed by atoms with Crippen LogP contribution in [0.4, 0.5) is 0 Å². The van der Waals surface area contributed by atoms with Crippen LogP contribution in [0, 0.1) is 5.41 Å². The number of carbonyl (C=O) groups is 1. The van der Waals surface area contributed by atoms with Crippen LogP contribution in [0.1, 0.15) is 52.9 Å². The summed E-state index contributed by atoms with van der Waals surface area (Å²) in [6.07, 6.45) is 7.41. The Kier molecular flexibility index (Phi) is 6.67. The van der Waals surface area contributed by atoms with Crippen molar-refractivity contribution < 1.29 is 4.79 Å². The van der Waals surface area contributed by atoms with E-state index < -0.39 is 0 Å². The van der Waals surface area contributed by atoms with Crippen LogP contribution in [-0.4, -0.2) is 36.5 Å². The molecule has 1 unspecified atom stereocenters. The van der Waals surface area contributed by atoms with E-state index in [0.29, 0.717) is 0 Å². The summed E-state index contributed by atoms with van der Waals surface area (Å²) < 4.78 is 0.203. The summed E-state index contributed by atoms with van der Waals surface area (Å²) in [5.41, 5.74) is -0.152. The Morgan fingerprint density at radius 3 is 2.47 bits per heavy atom. The fourth-order valence-electron chi connectivity index (χ4n) is 3.03. The van der Waals surface area contributed by atoms with Crippen molar-refractivity contribution in [1.82, 2.24) is 10.6 Å². The zero-order valence-corrected chi connectivity index (χ0v) is 13.8. The number of amides is 1. The predicted octanol–water partition coefficient (Wildman–Crippen LogP) is 2.80. The molecule has 1 fully saturated rings. The minimum absolute atomic E-state index is 0.152. The normalized spacial score (nSPS) is 23.6. The average Bonchev–Trinajstić information content (AvgIpc) is 2.91. The molecule has 0 aromatic rings. The first-order chi connectivity index (χ1) is 9.08. The maximum atomic E-state index is 12.6. The van der Waals surface area contributed by atoms with Gasteiger partial charge in [-0.3, -0.25) is 4.79 Å². The molecule has 3 nitrogen and oxygen atoms in total. The molecule has 19 heavy (non-hydrogen) atoms. The highest BCUT2D eigenvalue weighted by atomic mass is 32.2. The highest BCUT2D eigenvalue weighted by Crippen LogP contribution is 2.33. The van der Waals surface area contributed by atoms with Crippen molar-refractivity contribution in [2.45, 2.75) is 57.6 Å². The SMILES string of the molecule is CCCC1(C(=O)NCC(CC)(CC)SC)CCNC1. The molecule has 1 aliphatic heterocycles. The van der Waals surface area contributed by atoms with Gasteiger partial charge >= 0.3 is 0 Å². The van der Waals surface area contributed by atoms with E-state index in [4.69, 9.17) is 0 Å². The van der Waals surface area contributed by atoms with Gasteiger partial charge in [0, 0.05) is 17.8 Å². The fraction of sp³-hybridized carbons (Fsp3) is 0.933. The second kappa shape index (κ2) is 7.53. The van der Waals surface area contributed by atoms with Crippen molar-refractivity contribution in [3.63, 3.8) is 0 Å². The zero-order valence-electron chi connectivity index (χ0n) is 13.0. The average molecular weight is 286 g/mol. The molecule has 1 rings (SSSR count). The van der Waals surface area contributed by atoms with Crippen LogP contribution in [0.5, 0.6) is 0 Å². The number of hydrogen-bond acceptors (Lipinski definition) is 3. The Morgan fingerprint density at radius 1 is 1.37 bits per heavy atom. The van der Waals surface area contributed by atoms with Crippen molar-refractivity contribution in [2.24, 2.45) is 5.41 Å². The van der Waals surface area contributed by atoms with E-state index in [9.17, 15) is 4.79 Å². The summed E-state index contributed by atoms with van der Waals surface area (Å²) in [7, 11) is 0. The largest absolute Gasteiger partial charge is 0.354 e. The summed E-state index contributed by atoms with van der Waals surface area (Å²) in [6.45, 7) is 9.21. The standard InChI is InChI=1S/C15H30N2OS/c1-5-8-14(9-10-16-11-14)13(18)17-12-15(6-2,7-3)19-4/h16H,5-12H2,1-4H3,(H,17,18). The topological polar surface area (TPSA) is 41.1 Å². The van der Waals surface area contributed by atoms with Gasteiger partial charge < -0.3 is 10.6 Å². The van der Waals surface area contributed by atoms with Gasteiger partial charge in [-0.25, -0.2) is 0 Å². The lowest BCUT2D eigenvalue weighted by Gasteiger charge is -2.33. The summed E-state index contributed by atoms with van der Waals surface area (Å²) >= 11 is 1.88. The lowest BCUT2D eigenvalue weighted by Crippen LogP contribution is -2.47. The summed E-state index contributed by atoms with van der Waals surface area (Å²) in [5, 5.41) is 6.60. The summed E-state index contributed by atoms with van der Waals surface area (Å²) in [5.74, 6) is 0.264. The van der Waals surface area contributed by atoms with Gasteiger partial charge in [-0.1, -0.05) is 27.2 Å². The third-order valence-corrected chi connectivity index (χ3v) is 6.33. The van der Waals surface area contributed by atoms with E-state index in [0.717, 1.165) is 51.7 Å². The molecule has 0 aromatic carbocycles. The lowest BCUT2D eigenvalue weighted by molar-refractivity contribution is -0.130. The highest BCUT2D eigenvalue weighted by Gasteiger charge is 2.40. The molecule has 0 saturated carbocycles. The van der Waals surface area contributed by atoms with E-state index >= 15 is 0 Å². The molecule has 4 heteroatoms. The molecule has 112 valence electrons. The minimum Gasteiger partial charge on any atom is -0.354 e. The Balaban J connectivity index is 2.62. The molecule has 0 aliphatic carbocycles. The van der Waals surface area contributed by atoms with E-state index in [-0.39, 0.29) is 16.1 Å². The Morgan fingerprint density at radius 2 is 2.05 bits per heavy atom. The van der Waals surface area contributed by atoms with E-state index in [2.05, 4.69) is 37.7 Å². The van der Waals surface area contributed by atoms with Gasteiger partial charge in [0.15, 0.2) is 0 Å². The van der Waals surface area contributed by atoms with Crippen LogP contribution in [-0.2, 0) is 4.79 Å². The van der Waals surface area contributed by atoms with E-state index in [1.54, 1.807) is 0 Å². The summed E-state index contributed by atoms with van der Waals surface area (Å²) in [6, 6.07) is 0. The molecule has 0 bridgehead atoms. The van der Waals surface area contributed by atoms with Crippen LogP contribution in [0.3, 0.4) is 0 Å². The van der Waals surface area contributed by atoms with Crippen LogP contribution < -0.4 is 10.6 Å². The number of nitrogens with one attached hydrogen (secondary N) is 2. The van der Waals surface area contributed by atoms with Gasteiger partial charge in [0.05, 0.1) is 5.41 Å². The quantitative estimate of drug-likeness (QED) is 0.721. The second-order valence-electron chi connectivity index (χ2n) is 5.73. The van der Waals surface area contributed by atoms with Crippen LogP contribution in [0.15, 0.2) is 0 Å². The van der Waals surface area contributed by atoms with Crippen molar-refractivity contribution in [1.29, 1.82) is 0 Å². The Labute approximate surface area is 122 Å². The summed E-state index contributed by atoms with van der Waals surface area (Å²) in [4.78, 5) is 12.6. The highest BCUT2D eigenvalue weighted by molar-refractivity contribution is 8.00. The number of carbonyl (C=O) groups excluding carboxylic acids is 1. The molecule has 0 radical (unpaired) electrons. The smallest absolute Gasteiger partial charge is 0.227 e. The third-order valence-electron chi connectivity index (χ3n) is 4.75. The Hall–Kier alpha value is -0.220. The first-order valence-electron chi connectivity index (χ1n) is 7.62. The van der Waals surface area contributed by atoms with Crippen LogP contribution >= 0.6 is 11.8 Å². The lowest BCUT2D eigenvalue weighted by atomic mass is 9.81. The van der Waals surface area contributed by atoms with Crippen molar-refractivity contribution in [2.75, 3.05) is 25.9 Å². The molecule has 1 atom stereocenters. The van der Waals surface area contributed by atoms with Gasteiger partial charge in [-0.05, 0) is 38.5 Å². The van der Waals surface area contributed by atoms with Crippen molar-refractivity contribution in [3.05, 3.63) is 0 Å². The molecular formula is C15H30N2OS. The van der Waals surface area contributed by atoms with Gasteiger partial charge in [-0.2, -0.15) is 11.8 Å². The maximum Gasteiger partial charge on any atom is 0.227 e. The molecule has 0 aromatic heterocycles. The van der Waals surface area contributed by atoms with E-state index in [1.165, 1.54) is 0 Å². The van der Waals surface area contributed by atoms with Crippen LogP contribution in [0.2, 0.25) is 0 Å². The third kappa shape index (κ3) is 3.88. The first-order valence-corrected chi connectivity index (χ1v) is 8.84. The van der Waals surface area contributed by atoms with Gasteiger partial charge in [0.2, 0.25) is 5.91 Å². The molecule has 1 amide bonds. The van der Waals surface area contributed by atoms with Crippen molar-refractivity contribution >= 4 is 17.7 Å². The molecular weight excluding hydrogens is 256 g/mol. The number of thioether (sulfide) groups is 1. The predicted molar refractivity (Wildman–Crippen MR) is 84.7 cm³/mol. The van der Waals surface area contributed by atoms with Gasteiger partial charge in [0.1, 0.15) is 0 Å². The van der Waals surface area contributed by atoms with Gasteiger partial charge in [-0.15, -0.1) is 0 Å². The fourth-order valence-corrected chi connectivity index (χ4v) is 3.83. The molecule has 1 aliphatic rings. The monoisotopic (exact) mass is 286 g/mol. The molecule has 1 saturated heterocycles. The molecule has 2 N–H and O–H groups in total. The Bertz CT molecular complexity index is 276.